The topological polar surface area (TPSA) is 129 Å². The maximum absolute atomic E-state index is 13.3. The number of benzene rings is 2. The lowest BCUT2D eigenvalue weighted by Gasteiger charge is -2.16. The number of hydrogen-bond donors (Lipinski definition) is 2. The number of hydrogen-bond acceptors (Lipinski definition) is 7. The highest BCUT2D eigenvalue weighted by atomic mass is 32.2. The molecule has 0 radical (unpaired) electrons. The molecule has 0 saturated carbocycles. The number of anilines is 1. The van der Waals surface area contributed by atoms with E-state index in [2.05, 4.69) is 15.5 Å². The molecule has 3 N–H and O–H groups in total. The van der Waals surface area contributed by atoms with Crippen LogP contribution in [0, 0.1) is 17.0 Å². The average Bonchev–Trinajstić information content (AvgIpc) is 3.08. The van der Waals surface area contributed by atoms with Gasteiger partial charge in [0.1, 0.15) is 0 Å². The van der Waals surface area contributed by atoms with E-state index in [-0.39, 0.29) is 5.16 Å². The van der Waals surface area contributed by atoms with Gasteiger partial charge in [-0.25, -0.2) is 4.68 Å². The van der Waals surface area contributed by atoms with E-state index >= 15 is 0 Å². The largest absolute Gasteiger partial charge is 0.418 e. The summed E-state index contributed by atoms with van der Waals surface area (Å²) in [6.07, 6.45) is -4.90. The second-order valence-electron chi connectivity index (χ2n) is 6.78. The summed E-state index contributed by atoms with van der Waals surface area (Å²) in [6, 6.07) is 9.45. The standard InChI is InChI=1S/C19H17F3N6O3S/c1-10-3-5-12(6-4-10)16-25-26-18(27(16)23)32-11(2)17(29)24-15-8-7-13(28(30)31)9-14(15)19(20,21)22/h3-9,11H,23H2,1-2H3,(H,24,29)/t11-/m1/s1. The molecule has 0 spiro atoms. The van der Waals surface area contributed by atoms with Crippen LogP contribution in [0.2, 0.25) is 0 Å². The minimum absolute atomic E-state index is 0.183. The molecule has 3 aromatic rings. The first-order valence-corrected chi connectivity index (χ1v) is 9.96. The number of nitro groups is 1. The highest BCUT2D eigenvalue weighted by Gasteiger charge is 2.36. The number of nitro benzene ring substituents is 1. The third kappa shape index (κ3) is 4.99. The smallest absolute Gasteiger partial charge is 0.335 e. The van der Waals surface area contributed by atoms with Crippen molar-refractivity contribution in [2.45, 2.75) is 30.4 Å². The van der Waals surface area contributed by atoms with E-state index in [1.54, 1.807) is 12.1 Å². The fraction of sp³-hybridized carbons (Fsp3) is 0.211. The molecule has 0 aliphatic carbocycles. The summed E-state index contributed by atoms with van der Waals surface area (Å²) in [6.45, 7) is 3.38. The molecule has 168 valence electrons. The van der Waals surface area contributed by atoms with E-state index < -0.39 is 39.2 Å². The number of amides is 1. The Balaban J connectivity index is 1.78. The number of non-ortho nitro benzene ring substituents is 1. The van der Waals surface area contributed by atoms with E-state index in [4.69, 9.17) is 5.84 Å². The second-order valence-corrected chi connectivity index (χ2v) is 8.08. The Bertz CT molecular complexity index is 1160. The van der Waals surface area contributed by atoms with Gasteiger partial charge in [0.05, 0.1) is 21.4 Å². The van der Waals surface area contributed by atoms with Crippen molar-refractivity contribution in [1.29, 1.82) is 0 Å². The zero-order chi connectivity index (χ0) is 23.6. The maximum Gasteiger partial charge on any atom is 0.418 e. The lowest BCUT2D eigenvalue weighted by atomic mass is 10.1. The van der Waals surface area contributed by atoms with Crippen LogP contribution in [-0.4, -0.2) is 31.0 Å². The van der Waals surface area contributed by atoms with Crippen molar-refractivity contribution in [3.8, 4) is 11.4 Å². The molecule has 0 aliphatic heterocycles. The zero-order valence-electron chi connectivity index (χ0n) is 16.8. The summed E-state index contributed by atoms with van der Waals surface area (Å²) in [7, 11) is 0. The van der Waals surface area contributed by atoms with E-state index in [0.29, 0.717) is 17.5 Å². The van der Waals surface area contributed by atoms with Gasteiger partial charge in [0.15, 0.2) is 5.82 Å². The van der Waals surface area contributed by atoms with Crippen LogP contribution < -0.4 is 11.2 Å². The van der Waals surface area contributed by atoms with Crippen molar-refractivity contribution in [1.82, 2.24) is 14.9 Å². The van der Waals surface area contributed by atoms with Crippen LogP contribution in [-0.2, 0) is 11.0 Å². The molecule has 0 fully saturated rings. The minimum atomic E-state index is -4.90. The molecule has 0 unspecified atom stereocenters. The van der Waals surface area contributed by atoms with Crippen molar-refractivity contribution >= 4 is 29.0 Å². The predicted molar refractivity (Wildman–Crippen MR) is 112 cm³/mol. The van der Waals surface area contributed by atoms with Crippen LogP contribution in [0.25, 0.3) is 11.4 Å². The Morgan fingerprint density at radius 2 is 1.88 bits per heavy atom. The van der Waals surface area contributed by atoms with Gasteiger partial charge in [-0.15, -0.1) is 10.2 Å². The summed E-state index contributed by atoms with van der Waals surface area (Å²) in [5.74, 6) is 5.61. The van der Waals surface area contributed by atoms with Crippen molar-refractivity contribution < 1.29 is 22.9 Å². The summed E-state index contributed by atoms with van der Waals surface area (Å²) in [5.41, 5.74) is -0.898. The molecular formula is C19H17F3N6O3S. The summed E-state index contributed by atoms with van der Waals surface area (Å²) in [4.78, 5) is 22.4. The van der Waals surface area contributed by atoms with E-state index in [0.717, 1.165) is 29.5 Å². The Morgan fingerprint density at radius 3 is 2.47 bits per heavy atom. The zero-order valence-corrected chi connectivity index (χ0v) is 17.6. The fourth-order valence-electron chi connectivity index (χ4n) is 2.69. The van der Waals surface area contributed by atoms with E-state index in [1.807, 2.05) is 19.1 Å². The number of nitrogens with one attached hydrogen (secondary N) is 1. The molecule has 13 heteroatoms. The van der Waals surface area contributed by atoms with Crippen LogP contribution in [0.1, 0.15) is 18.1 Å². The van der Waals surface area contributed by atoms with E-state index in [1.165, 1.54) is 11.6 Å². The third-order valence-electron chi connectivity index (χ3n) is 4.40. The van der Waals surface area contributed by atoms with Crippen LogP contribution in [0.5, 0.6) is 0 Å². The second kappa shape index (κ2) is 8.86. The SMILES string of the molecule is Cc1ccc(-c2nnc(S[C@H](C)C(=O)Nc3ccc([N+](=O)[O-])cc3C(F)(F)F)n2N)cc1. The normalized spacial score (nSPS) is 12.4. The summed E-state index contributed by atoms with van der Waals surface area (Å²) in [5, 5.41) is 20.2. The first-order valence-electron chi connectivity index (χ1n) is 9.08. The van der Waals surface area contributed by atoms with Gasteiger partial charge in [-0.05, 0) is 19.9 Å². The van der Waals surface area contributed by atoms with Gasteiger partial charge in [0, 0.05) is 17.7 Å². The fourth-order valence-corrected chi connectivity index (χ4v) is 3.46. The van der Waals surface area contributed by atoms with Gasteiger partial charge in [-0.3, -0.25) is 14.9 Å². The monoisotopic (exact) mass is 466 g/mol. The van der Waals surface area contributed by atoms with Gasteiger partial charge in [-0.1, -0.05) is 41.6 Å². The molecule has 3 rings (SSSR count). The van der Waals surface area contributed by atoms with Crippen molar-refractivity contribution in [2.24, 2.45) is 0 Å². The van der Waals surface area contributed by atoms with Crippen molar-refractivity contribution in [2.75, 3.05) is 11.2 Å². The first kappa shape index (κ1) is 23.1. The molecule has 1 aromatic heterocycles. The highest BCUT2D eigenvalue weighted by Crippen LogP contribution is 2.37. The number of carbonyl (C=O) groups is 1. The van der Waals surface area contributed by atoms with Crippen molar-refractivity contribution in [3.05, 3.63) is 63.7 Å². The minimum Gasteiger partial charge on any atom is -0.335 e. The molecule has 32 heavy (non-hydrogen) atoms. The van der Waals surface area contributed by atoms with Gasteiger partial charge < -0.3 is 11.2 Å². The number of halogens is 3. The van der Waals surface area contributed by atoms with Gasteiger partial charge in [0.2, 0.25) is 11.1 Å². The molecular weight excluding hydrogens is 449 g/mol. The number of aromatic nitrogens is 3. The number of thioether (sulfide) groups is 1. The quantitative estimate of drug-likeness (QED) is 0.243. The van der Waals surface area contributed by atoms with Crippen LogP contribution in [0.3, 0.4) is 0 Å². The Labute approximate surface area is 183 Å². The molecule has 1 amide bonds. The van der Waals surface area contributed by atoms with Gasteiger partial charge >= 0.3 is 6.18 Å². The van der Waals surface area contributed by atoms with Crippen LogP contribution >= 0.6 is 11.8 Å². The first-order chi connectivity index (χ1) is 15.0. The molecule has 0 saturated heterocycles. The number of aryl methyl sites for hydroxylation is 1. The lowest BCUT2D eigenvalue weighted by molar-refractivity contribution is -0.385. The molecule has 0 bridgehead atoms. The molecule has 0 aliphatic rings. The third-order valence-corrected chi connectivity index (χ3v) is 5.46. The summed E-state index contributed by atoms with van der Waals surface area (Å²) >= 11 is 0.900. The highest BCUT2D eigenvalue weighted by molar-refractivity contribution is 8.00. The number of carbonyl (C=O) groups excluding carboxylic acids is 1. The number of nitrogen functional groups attached to an aromatic ring is 1. The lowest BCUT2D eigenvalue weighted by Crippen LogP contribution is -2.25. The van der Waals surface area contributed by atoms with Crippen LogP contribution in [0.4, 0.5) is 24.5 Å². The van der Waals surface area contributed by atoms with Gasteiger partial charge in [-0.2, -0.15) is 13.2 Å². The predicted octanol–water partition coefficient (Wildman–Crippen LogP) is 4.01. The Morgan fingerprint density at radius 1 is 1.22 bits per heavy atom. The van der Waals surface area contributed by atoms with Crippen LogP contribution in [0.15, 0.2) is 47.6 Å². The molecule has 1 atom stereocenters. The number of alkyl halides is 3. The molecule has 9 nitrogen and oxygen atoms in total. The number of nitrogens with two attached hydrogens (primary N) is 1. The van der Waals surface area contributed by atoms with E-state index in [9.17, 15) is 28.1 Å². The number of rotatable bonds is 6. The Hall–Kier alpha value is -3.61. The maximum atomic E-state index is 13.3. The Kier molecular flexibility index (Phi) is 6.39. The molecule has 2 aromatic carbocycles. The molecule has 1 heterocycles. The number of nitrogens with zero attached hydrogens (tertiary/aromatic N) is 4. The average molecular weight is 466 g/mol. The van der Waals surface area contributed by atoms with Crippen molar-refractivity contribution in [3.63, 3.8) is 0 Å². The van der Waals surface area contributed by atoms with Gasteiger partial charge in [0.25, 0.3) is 5.69 Å². The summed E-state index contributed by atoms with van der Waals surface area (Å²) < 4.78 is 41.1.